The second-order valence-corrected chi connectivity index (χ2v) is 23.4. The van der Waals surface area contributed by atoms with Gasteiger partial charge in [-0.2, -0.15) is 0 Å². The number of allylic oxidation sites excluding steroid dienone is 16. The van der Waals surface area contributed by atoms with Crippen LogP contribution in [0.25, 0.3) is 0 Å². The van der Waals surface area contributed by atoms with E-state index in [1.165, 1.54) is 199 Å². The van der Waals surface area contributed by atoms with Crippen molar-refractivity contribution in [3.63, 3.8) is 0 Å². The van der Waals surface area contributed by atoms with Crippen LogP contribution in [0.1, 0.15) is 348 Å². The van der Waals surface area contributed by atoms with Gasteiger partial charge < -0.3 is 14.2 Å². The van der Waals surface area contributed by atoms with E-state index in [1.54, 1.807) is 0 Å². The zero-order valence-corrected chi connectivity index (χ0v) is 54.2. The van der Waals surface area contributed by atoms with Crippen molar-refractivity contribution in [3.05, 3.63) is 97.2 Å². The Morgan fingerprint density at radius 3 is 0.780 bits per heavy atom. The van der Waals surface area contributed by atoms with Crippen LogP contribution in [0.15, 0.2) is 97.2 Å². The van der Waals surface area contributed by atoms with Gasteiger partial charge in [0.2, 0.25) is 0 Å². The van der Waals surface area contributed by atoms with Crippen LogP contribution < -0.4 is 0 Å². The summed E-state index contributed by atoms with van der Waals surface area (Å²) in [6.07, 6.45) is 94.4. The van der Waals surface area contributed by atoms with E-state index in [0.29, 0.717) is 19.3 Å². The van der Waals surface area contributed by atoms with Crippen LogP contribution in [0.5, 0.6) is 0 Å². The number of hydrogen-bond donors (Lipinski definition) is 0. The number of carbonyl (C=O) groups excluding carboxylic acids is 3. The Hall–Kier alpha value is -3.67. The number of carbonyl (C=O) groups is 3. The maximum Gasteiger partial charge on any atom is 0.306 e. The van der Waals surface area contributed by atoms with Gasteiger partial charge in [-0.1, -0.05) is 304 Å². The zero-order chi connectivity index (χ0) is 59.2. The number of hydrogen-bond acceptors (Lipinski definition) is 6. The molecule has 0 saturated heterocycles. The molecule has 0 aromatic carbocycles. The fourth-order valence-corrected chi connectivity index (χ4v) is 10.0. The molecule has 0 radical (unpaired) electrons. The molecule has 0 aliphatic carbocycles. The largest absolute Gasteiger partial charge is 0.462 e. The first-order valence-corrected chi connectivity index (χ1v) is 35.2. The molecule has 6 nitrogen and oxygen atoms in total. The number of esters is 3. The van der Waals surface area contributed by atoms with Crippen molar-refractivity contribution in [2.75, 3.05) is 13.2 Å². The summed E-state index contributed by atoms with van der Waals surface area (Å²) in [6.45, 7) is 6.51. The summed E-state index contributed by atoms with van der Waals surface area (Å²) < 4.78 is 17.0. The van der Waals surface area contributed by atoms with Crippen LogP contribution in [0.2, 0.25) is 0 Å². The summed E-state index contributed by atoms with van der Waals surface area (Å²) in [5, 5.41) is 0. The third-order valence-electron chi connectivity index (χ3n) is 15.3. The summed E-state index contributed by atoms with van der Waals surface area (Å²) in [5.74, 6) is -0.885. The molecular weight excluding hydrogens is 1010 g/mol. The first-order chi connectivity index (χ1) is 40.5. The molecule has 0 saturated carbocycles. The average molecular weight is 1140 g/mol. The quantitative estimate of drug-likeness (QED) is 0.0261. The molecule has 0 amide bonds. The lowest BCUT2D eigenvalue weighted by Crippen LogP contribution is -2.30. The summed E-state index contributed by atoms with van der Waals surface area (Å²) in [7, 11) is 0. The van der Waals surface area contributed by atoms with Crippen LogP contribution in [-0.2, 0) is 28.6 Å². The van der Waals surface area contributed by atoms with Gasteiger partial charge in [0.25, 0.3) is 0 Å². The first kappa shape index (κ1) is 78.3. The van der Waals surface area contributed by atoms with E-state index in [0.717, 1.165) is 109 Å². The summed E-state index contributed by atoms with van der Waals surface area (Å²) in [6, 6.07) is 0. The highest BCUT2D eigenvalue weighted by Gasteiger charge is 2.19. The van der Waals surface area contributed by atoms with Crippen molar-refractivity contribution in [2.24, 2.45) is 0 Å². The lowest BCUT2D eigenvalue weighted by Gasteiger charge is -2.18. The van der Waals surface area contributed by atoms with Gasteiger partial charge in [-0.15, -0.1) is 0 Å². The molecule has 0 heterocycles. The van der Waals surface area contributed by atoms with Gasteiger partial charge in [0.1, 0.15) is 13.2 Å². The van der Waals surface area contributed by atoms with Gasteiger partial charge in [-0.25, -0.2) is 0 Å². The van der Waals surface area contributed by atoms with Gasteiger partial charge in [-0.05, 0) is 122 Å². The minimum absolute atomic E-state index is 0.0813. The topological polar surface area (TPSA) is 78.9 Å². The fraction of sp³-hybridized carbons (Fsp3) is 0.750. The molecule has 1 unspecified atom stereocenters. The van der Waals surface area contributed by atoms with Crippen LogP contribution in [0.4, 0.5) is 0 Å². The highest BCUT2D eigenvalue weighted by Crippen LogP contribution is 2.17. The van der Waals surface area contributed by atoms with Gasteiger partial charge in [-0.3, -0.25) is 14.4 Å². The van der Waals surface area contributed by atoms with E-state index in [4.69, 9.17) is 14.2 Å². The third kappa shape index (κ3) is 67.1. The van der Waals surface area contributed by atoms with Crippen LogP contribution >= 0.6 is 0 Å². The molecule has 0 fully saturated rings. The molecule has 0 aromatic rings. The molecule has 0 aliphatic heterocycles. The second-order valence-electron chi connectivity index (χ2n) is 23.4. The molecule has 6 heteroatoms. The van der Waals surface area contributed by atoms with E-state index in [-0.39, 0.29) is 31.1 Å². The predicted molar refractivity (Wildman–Crippen MR) is 357 cm³/mol. The zero-order valence-electron chi connectivity index (χ0n) is 54.2. The van der Waals surface area contributed by atoms with Gasteiger partial charge in [0.15, 0.2) is 6.10 Å². The van der Waals surface area contributed by atoms with E-state index in [9.17, 15) is 14.4 Å². The fourth-order valence-electron chi connectivity index (χ4n) is 10.0. The van der Waals surface area contributed by atoms with Crippen LogP contribution in [0.3, 0.4) is 0 Å². The lowest BCUT2D eigenvalue weighted by molar-refractivity contribution is -0.167. The summed E-state index contributed by atoms with van der Waals surface area (Å²) in [4.78, 5) is 38.4. The highest BCUT2D eigenvalue weighted by molar-refractivity contribution is 5.71. The Morgan fingerprint density at radius 1 is 0.256 bits per heavy atom. The summed E-state index contributed by atoms with van der Waals surface area (Å²) in [5.41, 5.74) is 0. The SMILES string of the molecule is CC/C=C\C/C=C\C/C=C\C/C=C\CCCCCCCCCCC(=O)OC(COC(=O)CCCCCCC/C=C\CCCCC)COC(=O)CCCCCCCCCCCCCCCCCC/C=C\C/C=C\C/C=C\CCCCCCC. The Bertz CT molecular complexity index is 1590. The van der Waals surface area contributed by atoms with Gasteiger partial charge in [0.05, 0.1) is 0 Å². The molecular formula is C76H132O6. The average Bonchev–Trinajstić information content (AvgIpc) is 3.47. The van der Waals surface area contributed by atoms with Crippen molar-refractivity contribution in [3.8, 4) is 0 Å². The predicted octanol–water partition coefficient (Wildman–Crippen LogP) is 24.4. The molecule has 0 aliphatic rings. The molecule has 82 heavy (non-hydrogen) atoms. The Kier molecular flexibility index (Phi) is 66.7. The summed E-state index contributed by atoms with van der Waals surface area (Å²) >= 11 is 0. The Labute approximate surface area is 508 Å². The maximum atomic E-state index is 12.9. The molecule has 0 N–H and O–H groups in total. The second kappa shape index (κ2) is 69.8. The van der Waals surface area contributed by atoms with E-state index in [2.05, 4.69) is 118 Å². The van der Waals surface area contributed by atoms with Crippen molar-refractivity contribution in [1.82, 2.24) is 0 Å². The van der Waals surface area contributed by atoms with E-state index < -0.39 is 6.10 Å². The van der Waals surface area contributed by atoms with E-state index in [1.807, 2.05) is 0 Å². The Balaban J connectivity index is 4.22. The van der Waals surface area contributed by atoms with Crippen molar-refractivity contribution < 1.29 is 28.6 Å². The number of unbranched alkanes of at least 4 members (excludes halogenated alkanes) is 37. The highest BCUT2D eigenvalue weighted by atomic mass is 16.6. The molecule has 0 spiro atoms. The van der Waals surface area contributed by atoms with Crippen molar-refractivity contribution in [2.45, 2.75) is 354 Å². The monoisotopic (exact) mass is 1140 g/mol. The standard InChI is InChI=1S/C76H132O6/c1-4-7-10-13-16-19-22-25-27-29-31-33-34-35-36-37-38-39-40-41-42-44-45-47-49-51-54-57-60-63-66-69-75(78)81-72-73(71-80-74(77)68-65-62-59-56-53-24-21-18-15-12-9-6-3)82-76(79)70-67-64-61-58-55-52-50-48-46-43-32-30-28-26-23-20-17-14-11-8-5-2/h8,11,17-18,20-22,25-26,28-29,31-32,34-35,43,73H,4-7,9-10,12-16,19,23-24,27,30,33,36-42,44-72H2,1-3H3/b11-8-,20-17-,21-18-,25-22-,28-26-,31-29-,35-34-,43-32-. The molecule has 0 bridgehead atoms. The molecule has 1 atom stereocenters. The van der Waals surface area contributed by atoms with Crippen LogP contribution in [-0.4, -0.2) is 37.2 Å². The number of ether oxygens (including phenoxy) is 3. The van der Waals surface area contributed by atoms with E-state index >= 15 is 0 Å². The molecule has 472 valence electrons. The van der Waals surface area contributed by atoms with Gasteiger partial charge in [0, 0.05) is 19.3 Å². The molecule has 0 rings (SSSR count). The Morgan fingerprint density at radius 2 is 0.476 bits per heavy atom. The minimum Gasteiger partial charge on any atom is -0.462 e. The van der Waals surface area contributed by atoms with Crippen molar-refractivity contribution >= 4 is 17.9 Å². The molecule has 0 aromatic heterocycles. The number of rotatable bonds is 64. The lowest BCUT2D eigenvalue weighted by atomic mass is 10.0. The smallest absolute Gasteiger partial charge is 0.306 e. The minimum atomic E-state index is -0.786. The maximum absolute atomic E-state index is 12.9. The van der Waals surface area contributed by atoms with Crippen LogP contribution in [0, 0.1) is 0 Å². The van der Waals surface area contributed by atoms with Gasteiger partial charge >= 0.3 is 17.9 Å². The third-order valence-corrected chi connectivity index (χ3v) is 15.3. The normalized spacial score (nSPS) is 12.7. The first-order valence-electron chi connectivity index (χ1n) is 35.2. The van der Waals surface area contributed by atoms with Crippen molar-refractivity contribution in [1.29, 1.82) is 0 Å².